The summed E-state index contributed by atoms with van der Waals surface area (Å²) in [5.41, 5.74) is 1.52. The lowest BCUT2D eigenvalue weighted by Gasteiger charge is -2.14. The smallest absolute Gasteiger partial charge is 0.185 e. The lowest BCUT2D eigenvalue weighted by molar-refractivity contribution is 0.346. The van der Waals surface area contributed by atoms with E-state index in [0.29, 0.717) is 29.1 Å². The summed E-state index contributed by atoms with van der Waals surface area (Å²) in [6.07, 6.45) is 7.76. The minimum atomic E-state index is -1.05. The molecular formula is C19H15FN4O. The van der Waals surface area contributed by atoms with Crippen molar-refractivity contribution < 1.29 is 9.50 Å². The fourth-order valence-electron chi connectivity index (χ4n) is 2.99. The molecule has 6 heteroatoms. The van der Waals surface area contributed by atoms with E-state index in [1.165, 1.54) is 12.3 Å². The van der Waals surface area contributed by atoms with Crippen LogP contribution in [0.3, 0.4) is 0 Å². The molecule has 0 saturated heterocycles. The Labute approximate surface area is 143 Å². The Morgan fingerprint density at radius 1 is 1.20 bits per heavy atom. The van der Waals surface area contributed by atoms with Gasteiger partial charge in [-0.25, -0.2) is 9.37 Å². The number of aromatic nitrogens is 4. The summed E-state index contributed by atoms with van der Waals surface area (Å²) in [5.74, 6) is 0.0373. The number of aromatic hydroxyl groups is 1. The first-order valence-electron chi connectivity index (χ1n) is 7.90. The molecule has 1 aliphatic rings. The Balaban J connectivity index is 1.66. The molecule has 0 fully saturated rings. The van der Waals surface area contributed by atoms with Crippen LogP contribution in [0.4, 0.5) is 4.39 Å². The van der Waals surface area contributed by atoms with Crippen LogP contribution in [0.5, 0.6) is 5.75 Å². The van der Waals surface area contributed by atoms with E-state index in [-0.39, 0.29) is 11.7 Å². The van der Waals surface area contributed by atoms with Crippen molar-refractivity contribution >= 4 is 16.3 Å². The number of phenols is 1. The number of alkyl halides is 1. The first kappa shape index (κ1) is 15.4. The Hall–Kier alpha value is -3.15. The molecule has 0 spiro atoms. The van der Waals surface area contributed by atoms with Crippen molar-refractivity contribution in [3.05, 3.63) is 61.2 Å². The number of rotatable bonds is 3. The van der Waals surface area contributed by atoms with Crippen LogP contribution >= 0.6 is 0 Å². The number of nitrogens with zero attached hydrogens (tertiary/aromatic N) is 4. The molecule has 0 radical (unpaired) electrons. The lowest BCUT2D eigenvalue weighted by atomic mass is 9.95. The predicted molar refractivity (Wildman–Crippen MR) is 93.4 cm³/mol. The van der Waals surface area contributed by atoms with Crippen LogP contribution in [0.15, 0.2) is 55.5 Å². The monoisotopic (exact) mass is 334 g/mol. The molecule has 2 aromatic heterocycles. The van der Waals surface area contributed by atoms with Crippen LogP contribution in [-0.4, -0.2) is 31.4 Å². The summed E-state index contributed by atoms with van der Waals surface area (Å²) in [5, 5.41) is 20.2. The topological polar surface area (TPSA) is 71.8 Å². The van der Waals surface area contributed by atoms with Crippen LogP contribution in [0.25, 0.3) is 27.7 Å². The largest absolute Gasteiger partial charge is 0.507 e. The van der Waals surface area contributed by atoms with Gasteiger partial charge in [-0.1, -0.05) is 18.7 Å². The first-order chi connectivity index (χ1) is 12.1. The Morgan fingerprint density at radius 2 is 2.08 bits per heavy atom. The maximum atomic E-state index is 13.8. The number of hydrogen-bond donors (Lipinski definition) is 1. The second-order valence-electron chi connectivity index (χ2n) is 6.00. The molecule has 0 amide bonds. The summed E-state index contributed by atoms with van der Waals surface area (Å²) < 4.78 is 13.8. The van der Waals surface area contributed by atoms with Gasteiger partial charge in [-0.15, -0.1) is 10.2 Å². The van der Waals surface area contributed by atoms with Gasteiger partial charge in [-0.05, 0) is 35.6 Å². The highest BCUT2D eigenvalue weighted by molar-refractivity contribution is 5.88. The molecule has 5 nitrogen and oxygen atoms in total. The summed E-state index contributed by atoms with van der Waals surface area (Å²) >= 11 is 0. The molecule has 0 unspecified atom stereocenters. The number of hydrogen-bond acceptors (Lipinski definition) is 5. The van der Waals surface area contributed by atoms with E-state index < -0.39 is 6.17 Å². The quantitative estimate of drug-likeness (QED) is 0.739. The molecule has 2 atom stereocenters. The molecule has 0 saturated carbocycles. The molecule has 0 bridgehead atoms. The zero-order valence-electron chi connectivity index (χ0n) is 13.3. The number of allylic oxidation sites excluding steroid dienone is 3. The highest BCUT2D eigenvalue weighted by atomic mass is 19.1. The van der Waals surface area contributed by atoms with Gasteiger partial charge in [-0.3, -0.25) is 4.98 Å². The van der Waals surface area contributed by atoms with Crippen LogP contribution < -0.4 is 0 Å². The second-order valence-corrected chi connectivity index (χ2v) is 6.00. The van der Waals surface area contributed by atoms with Crippen molar-refractivity contribution in [3.8, 4) is 17.1 Å². The van der Waals surface area contributed by atoms with Gasteiger partial charge in [0, 0.05) is 23.7 Å². The fraction of sp³-hybridized carbons (Fsp3) is 0.158. The van der Waals surface area contributed by atoms with E-state index in [4.69, 9.17) is 0 Å². The molecule has 3 aromatic rings. The maximum Gasteiger partial charge on any atom is 0.185 e. The molecule has 0 aliphatic heterocycles. The van der Waals surface area contributed by atoms with Gasteiger partial charge in [0.2, 0.25) is 0 Å². The van der Waals surface area contributed by atoms with Crippen molar-refractivity contribution in [1.29, 1.82) is 0 Å². The van der Waals surface area contributed by atoms with Crippen molar-refractivity contribution in [2.75, 3.05) is 0 Å². The van der Waals surface area contributed by atoms with E-state index in [0.717, 1.165) is 10.8 Å². The molecule has 4 rings (SSSR count). The van der Waals surface area contributed by atoms with Gasteiger partial charge in [0.1, 0.15) is 17.6 Å². The first-order valence-corrected chi connectivity index (χ1v) is 7.90. The van der Waals surface area contributed by atoms with E-state index in [9.17, 15) is 9.50 Å². The third-order valence-corrected chi connectivity index (χ3v) is 4.43. The minimum absolute atomic E-state index is 0.0534. The van der Waals surface area contributed by atoms with Crippen molar-refractivity contribution in [1.82, 2.24) is 20.2 Å². The van der Waals surface area contributed by atoms with Gasteiger partial charge in [0.15, 0.2) is 5.82 Å². The average molecular weight is 334 g/mol. The molecule has 1 aliphatic carbocycles. The van der Waals surface area contributed by atoms with Crippen molar-refractivity contribution in [2.45, 2.75) is 12.6 Å². The van der Waals surface area contributed by atoms with Crippen LogP contribution in [-0.2, 0) is 0 Å². The van der Waals surface area contributed by atoms with Gasteiger partial charge in [0.25, 0.3) is 0 Å². The van der Waals surface area contributed by atoms with Crippen LogP contribution in [0, 0.1) is 5.92 Å². The van der Waals surface area contributed by atoms with Gasteiger partial charge < -0.3 is 5.11 Å². The normalized spacial score (nSPS) is 19.4. The minimum Gasteiger partial charge on any atom is -0.507 e. The summed E-state index contributed by atoms with van der Waals surface area (Å²) in [6.45, 7) is 3.94. The fourth-order valence-corrected chi connectivity index (χ4v) is 2.99. The number of fused-ring (bicyclic) bond motifs is 1. The lowest BCUT2D eigenvalue weighted by Crippen LogP contribution is -2.11. The second kappa shape index (κ2) is 6.05. The molecule has 2 heterocycles. The molecule has 1 aromatic carbocycles. The number of pyridine rings is 1. The molecular weight excluding hydrogens is 319 g/mol. The van der Waals surface area contributed by atoms with E-state index >= 15 is 0 Å². The number of benzene rings is 1. The summed E-state index contributed by atoms with van der Waals surface area (Å²) in [7, 11) is 0. The molecule has 1 N–H and O–H groups in total. The predicted octanol–water partition coefficient (Wildman–Crippen LogP) is 3.72. The van der Waals surface area contributed by atoms with Gasteiger partial charge in [0.05, 0.1) is 11.8 Å². The Bertz CT molecular complexity index is 984. The molecule has 124 valence electrons. The van der Waals surface area contributed by atoms with E-state index in [1.54, 1.807) is 30.6 Å². The van der Waals surface area contributed by atoms with Gasteiger partial charge in [-0.2, -0.15) is 0 Å². The van der Waals surface area contributed by atoms with Crippen molar-refractivity contribution in [3.63, 3.8) is 0 Å². The summed E-state index contributed by atoms with van der Waals surface area (Å²) in [4.78, 5) is 8.31. The maximum absolute atomic E-state index is 13.8. The number of phenolic OH excluding ortho intramolecular Hbond substituents is 1. The Morgan fingerprint density at radius 3 is 2.80 bits per heavy atom. The zero-order valence-corrected chi connectivity index (χ0v) is 13.3. The van der Waals surface area contributed by atoms with Gasteiger partial charge >= 0.3 is 0 Å². The van der Waals surface area contributed by atoms with E-state index in [1.807, 2.05) is 6.07 Å². The average Bonchev–Trinajstić information content (AvgIpc) is 3.06. The molecule has 25 heavy (non-hydrogen) atoms. The number of halogens is 1. The zero-order chi connectivity index (χ0) is 17.4. The van der Waals surface area contributed by atoms with Crippen LogP contribution in [0.1, 0.15) is 12.1 Å². The highest BCUT2D eigenvalue weighted by Crippen LogP contribution is 2.34. The summed E-state index contributed by atoms with van der Waals surface area (Å²) in [6, 6.07) is 5.25. The standard InChI is InChI=1S/C19H15FN4O/c1-11(14-3-2-4-16(14)20)17-10-22-19(24-23-17)15-7-12-5-6-21-9-13(12)8-18(15)25/h2,4-10,14,16,25H,1,3H2/t14-,16+/m1/s1. The highest BCUT2D eigenvalue weighted by Gasteiger charge is 2.26. The van der Waals surface area contributed by atoms with Crippen LogP contribution in [0.2, 0.25) is 0 Å². The van der Waals surface area contributed by atoms with Crippen molar-refractivity contribution in [2.24, 2.45) is 5.92 Å². The third-order valence-electron chi connectivity index (χ3n) is 4.43. The SMILES string of the molecule is C=C(c1cnc(-c2cc3ccncc3cc2O)nn1)[C@H]1CC=C[C@@H]1F. The Kier molecular flexibility index (Phi) is 3.72. The third kappa shape index (κ3) is 2.76. The van der Waals surface area contributed by atoms with E-state index in [2.05, 4.69) is 26.7 Å².